The Kier molecular flexibility index (Phi) is 4.59. The monoisotopic (exact) mass is 165 g/mol. The number of nitrogens with one attached hydrogen (secondary N) is 2. The molecule has 0 aromatic rings. The summed E-state index contributed by atoms with van der Waals surface area (Å²) in [5, 5.41) is 15.5. The van der Waals surface area contributed by atoms with E-state index in [1.807, 2.05) is 19.9 Å². The van der Waals surface area contributed by atoms with Crippen LogP contribution in [0.2, 0.25) is 0 Å². The van der Waals surface area contributed by atoms with E-state index in [9.17, 15) is 0 Å². The van der Waals surface area contributed by atoms with E-state index in [4.69, 9.17) is 16.2 Å². The SMILES string of the molecule is CCC(=C=N)[N+](=N)C(C#N)CC. The zero-order valence-electron chi connectivity index (χ0n) is 7.39. The highest BCUT2D eigenvalue weighted by atomic mass is 15.2. The van der Waals surface area contributed by atoms with E-state index in [0.717, 1.165) is 4.70 Å². The Balaban J connectivity index is 4.59. The molecule has 12 heavy (non-hydrogen) atoms. The summed E-state index contributed by atoms with van der Waals surface area (Å²) >= 11 is 0. The van der Waals surface area contributed by atoms with Crippen LogP contribution < -0.4 is 0 Å². The summed E-state index contributed by atoms with van der Waals surface area (Å²) in [4.78, 5) is 0. The van der Waals surface area contributed by atoms with Crippen LogP contribution in [0.1, 0.15) is 26.7 Å². The quantitative estimate of drug-likeness (QED) is 0.372. The third-order valence-corrected chi connectivity index (χ3v) is 1.62. The molecule has 0 aliphatic heterocycles. The first kappa shape index (κ1) is 10.5. The molecule has 0 amide bonds. The van der Waals surface area contributed by atoms with E-state index in [1.54, 1.807) is 0 Å². The molecular weight excluding hydrogens is 152 g/mol. The second-order valence-corrected chi connectivity index (χ2v) is 2.35. The van der Waals surface area contributed by atoms with Gasteiger partial charge in [0.1, 0.15) is 6.07 Å². The summed E-state index contributed by atoms with van der Waals surface area (Å²) in [6.45, 7) is 3.68. The van der Waals surface area contributed by atoms with Gasteiger partial charge in [-0.2, -0.15) is 5.26 Å². The summed E-state index contributed by atoms with van der Waals surface area (Å²) in [7, 11) is 0. The summed E-state index contributed by atoms with van der Waals surface area (Å²) in [5.74, 6) is 2.15. The number of allylic oxidation sites excluding steroid dienone is 1. The lowest BCUT2D eigenvalue weighted by Crippen LogP contribution is -2.21. The molecule has 0 saturated carbocycles. The van der Waals surface area contributed by atoms with Crippen LogP contribution in [0.4, 0.5) is 0 Å². The van der Waals surface area contributed by atoms with E-state index in [-0.39, 0.29) is 0 Å². The summed E-state index contributed by atoms with van der Waals surface area (Å²) in [6.07, 6.45) is 1.15. The molecule has 0 fully saturated rings. The lowest BCUT2D eigenvalue weighted by atomic mass is 10.2. The molecule has 0 aliphatic carbocycles. The molecule has 0 heterocycles. The fraction of sp³-hybridized carbons (Fsp3) is 0.625. The standard InChI is InChI=1S/C8H13N4/c1-3-7(5-9)12(11)8(4-2)6-10/h7,10-11H,3-4H2,1-2H3/q+1. The lowest BCUT2D eigenvalue weighted by Gasteiger charge is -2.00. The van der Waals surface area contributed by atoms with E-state index in [2.05, 4.69) is 5.87 Å². The Bertz CT molecular complexity index is 255. The first-order valence-electron chi connectivity index (χ1n) is 3.89. The zero-order chi connectivity index (χ0) is 9.56. The normalized spacial score (nSPS) is 11.1. The van der Waals surface area contributed by atoms with E-state index in [0.29, 0.717) is 18.5 Å². The summed E-state index contributed by atoms with van der Waals surface area (Å²) in [6, 6.07) is 1.53. The van der Waals surface area contributed by atoms with Gasteiger partial charge in [-0.3, -0.25) is 5.41 Å². The third kappa shape index (κ3) is 2.30. The molecule has 0 rings (SSSR count). The molecule has 0 spiro atoms. The van der Waals surface area contributed by atoms with Crippen molar-refractivity contribution in [1.82, 2.24) is 0 Å². The van der Waals surface area contributed by atoms with Crippen molar-refractivity contribution in [3.8, 4) is 6.07 Å². The van der Waals surface area contributed by atoms with E-state index in [1.165, 1.54) is 0 Å². The predicted molar refractivity (Wildman–Crippen MR) is 44.2 cm³/mol. The van der Waals surface area contributed by atoms with Crippen LogP contribution in [0.5, 0.6) is 0 Å². The highest BCUT2D eigenvalue weighted by Gasteiger charge is 2.22. The first-order chi connectivity index (χ1) is 5.71. The van der Waals surface area contributed by atoms with E-state index >= 15 is 0 Å². The Morgan fingerprint density at radius 2 is 2.17 bits per heavy atom. The lowest BCUT2D eigenvalue weighted by molar-refractivity contribution is -0.592. The van der Waals surface area contributed by atoms with Gasteiger partial charge in [0.15, 0.2) is 0 Å². The summed E-state index contributed by atoms with van der Waals surface area (Å²) in [5.41, 5.74) is 7.93. The summed E-state index contributed by atoms with van der Waals surface area (Å²) < 4.78 is 1.06. The minimum absolute atomic E-state index is 0.448. The molecule has 0 aliphatic rings. The highest BCUT2D eigenvalue weighted by molar-refractivity contribution is 5.50. The van der Waals surface area contributed by atoms with Gasteiger partial charge >= 0.3 is 0 Å². The van der Waals surface area contributed by atoms with Crippen LogP contribution in [0, 0.1) is 22.3 Å². The van der Waals surface area contributed by atoms with Crippen molar-refractivity contribution in [3.63, 3.8) is 0 Å². The third-order valence-electron chi connectivity index (χ3n) is 1.62. The predicted octanol–water partition coefficient (Wildman–Crippen LogP) is 1.87. The molecule has 0 aromatic heterocycles. The van der Waals surface area contributed by atoms with Gasteiger partial charge in [-0.05, 0) is 0 Å². The molecule has 0 saturated heterocycles. The minimum atomic E-state index is -0.460. The zero-order valence-corrected chi connectivity index (χ0v) is 7.39. The topological polar surface area (TPSA) is 74.5 Å². The number of hydrogen-bond acceptors (Lipinski definition) is 3. The average Bonchev–Trinajstić information content (AvgIpc) is 2.09. The van der Waals surface area contributed by atoms with Gasteiger partial charge in [0, 0.05) is 12.8 Å². The van der Waals surface area contributed by atoms with Gasteiger partial charge in [-0.1, -0.05) is 24.1 Å². The number of rotatable bonds is 4. The van der Waals surface area contributed by atoms with Gasteiger partial charge in [-0.25, -0.2) is 0 Å². The molecule has 1 atom stereocenters. The van der Waals surface area contributed by atoms with Crippen LogP contribution in [0.3, 0.4) is 0 Å². The maximum Gasteiger partial charge on any atom is 0.269 e. The first-order valence-corrected chi connectivity index (χ1v) is 3.89. The average molecular weight is 165 g/mol. The van der Waals surface area contributed by atoms with Crippen molar-refractivity contribution in [2.75, 3.05) is 0 Å². The van der Waals surface area contributed by atoms with Crippen molar-refractivity contribution < 1.29 is 4.70 Å². The van der Waals surface area contributed by atoms with Crippen molar-refractivity contribution in [2.45, 2.75) is 32.7 Å². The molecular formula is C8H13N4+. The van der Waals surface area contributed by atoms with Gasteiger partial charge in [0.2, 0.25) is 0 Å². The van der Waals surface area contributed by atoms with Crippen molar-refractivity contribution in [1.29, 1.82) is 16.2 Å². The number of nitrogens with zero attached hydrogens (tertiary/aromatic N) is 2. The highest BCUT2D eigenvalue weighted by Crippen LogP contribution is 2.04. The van der Waals surface area contributed by atoms with Crippen molar-refractivity contribution >= 4 is 5.87 Å². The van der Waals surface area contributed by atoms with Gasteiger partial charge in [0.05, 0.1) is 5.87 Å². The number of hydrogen-bond donors (Lipinski definition) is 2. The van der Waals surface area contributed by atoms with Gasteiger partial charge < -0.3 is 0 Å². The molecule has 0 radical (unpaired) electrons. The van der Waals surface area contributed by atoms with Crippen LogP contribution in [0.15, 0.2) is 5.70 Å². The Morgan fingerprint density at radius 1 is 1.58 bits per heavy atom. The van der Waals surface area contributed by atoms with Crippen molar-refractivity contribution in [3.05, 3.63) is 5.70 Å². The van der Waals surface area contributed by atoms with Crippen LogP contribution >= 0.6 is 0 Å². The smallest absolute Gasteiger partial charge is 0.253 e. The van der Waals surface area contributed by atoms with Crippen molar-refractivity contribution in [2.24, 2.45) is 0 Å². The van der Waals surface area contributed by atoms with Gasteiger partial charge in [0.25, 0.3) is 11.7 Å². The fourth-order valence-corrected chi connectivity index (χ4v) is 0.839. The second-order valence-electron chi connectivity index (χ2n) is 2.35. The Morgan fingerprint density at radius 3 is 2.42 bits per heavy atom. The fourth-order valence-electron chi connectivity index (χ4n) is 0.839. The van der Waals surface area contributed by atoms with Crippen LogP contribution in [0.25, 0.3) is 0 Å². The second kappa shape index (κ2) is 5.22. The maximum atomic E-state index is 8.62. The van der Waals surface area contributed by atoms with E-state index < -0.39 is 6.04 Å². The van der Waals surface area contributed by atoms with Gasteiger partial charge in [-0.15, -0.1) is 0 Å². The minimum Gasteiger partial charge on any atom is -0.253 e. The Hall–Kier alpha value is -1.46. The molecule has 4 heteroatoms. The van der Waals surface area contributed by atoms with Crippen LogP contribution in [-0.2, 0) is 0 Å². The maximum absolute atomic E-state index is 8.62. The Labute approximate surface area is 72.1 Å². The largest absolute Gasteiger partial charge is 0.269 e. The molecule has 64 valence electrons. The molecule has 2 N–H and O–H groups in total. The molecule has 0 aromatic carbocycles. The van der Waals surface area contributed by atoms with Crippen LogP contribution in [-0.4, -0.2) is 16.6 Å². The molecule has 4 nitrogen and oxygen atoms in total. The molecule has 1 unspecified atom stereocenters. The molecule has 0 bridgehead atoms. The number of nitriles is 1.